The van der Waals surface area contributed by atoms with Gasteiger partial charge in [-0.05, 0) is 67.1 Å². The minimum absolute atomic E-state index is 0.0323. The van der Waals surface area contributed by atoms with Crippen LogP contribution in [0.15, 0.2) is 48.7 Å². The summed E-state index contributed by atoms with van der Waals surface area (Å²) in [7, 11) is 0. The number of aromatic nitrogens is 1. The smallest absolute Gasteiger partial charge is 0.330 e. The second-order valence-corrected chi connectivity index (χ2v) is 8.21. The number of hydrogen-bond donors (Lipinski definition) is 2. The lowest BCUT2D eigenvalue weighted by Crippen LogP contribution is -2.24. The molecule has 1 unspecified atom stereocenters. The van der Waals surface area contributed by atoms with Crippen LogP contribution in [-0.2, 0) is 28.6 Å². The molecule has 3 aromatic rings. The number of aryl methyl sites for hydroxylation is 1. The van der Waals surface area contributed by atoms with Crippen molar-refractivity contribution in [3.63, 3.8) is 0 Å². The Morgan fingerprint density at radius 3 is 2.59 bits per heavy atom. The van der Waals surface area contributed by atoms with Crippen LogP contribution in [0.1, 0.15) is 34.4 Å². The maximum absolute atomic E-state index is 13.3. The van der Waals surface area contributed by atoms with Crippen molar-refractivity contribution in [1.82, 2.24) is 9.72 Å². The number of pyridine rings is 1. The average molecular weight is 439 g/mol. The van der Waals surface area contributed by atoms with Crippen LogP contribution < -0.4 is 11.1 Å². The molecular formula is C24H20F3N3O2. The molecule has 0 bridgehead atoms. The van der Waals surface area contributed by atoms with E-state index >= 15 is 0 Å². The number of benzene rings is 1. The van der Waals surface area contributed by atoms with Crippen LogP contribution in [-0.4, -0.2) is 22.8 Å². The van der Waals surface area contributed by atoms with Crippen molar-refractivity contribution in [3.05, 3.63) is 76.6 Å². The summed E-state index contributed by atoms with van der Waals surface area (Å²) < 4.78 is 42.0. The van der Waals surface area contributed by atoms with E-state index in [0.717, 1.165) is 41.7 Å². The summed E-state index contributed by atoms with van der Waals surface area (Å²) in [6, 6.07) is 10.1. The fourth-order valence-electron chi connectivity index (χ4n) is 4.85. The highest BCUT2D eigenvalue weighted by Crippen LogP contribution is 2.41. The maximum atomic E-state index is 13.3. The van der Waals surface area contributed by atoms with Gasteiger partial charge in [-0.1, -0.05) is 18.2 Å². The van der Waals surface area contributed by atoms with Crippen LogP contribution in [0.5, 0.6) is 0 Å². The first-order valence-electron chi connectivity index (χ1n) is 10.4. The number of rotatable bonds is 3. The van der Waals surface area contributed by atoms with Gasteiger partial charge in [-0.15, -0.1) is 0 Å². The third kappa shape index (κ3) is 3.14. The molecule has 3 heterocycles. The molecule has 164 valence electrons. The molecule has 1 aromatic carbocycles. The van der Waals surface area contributed by atoms with E-state index in [9.17, 15) is 22.8 Å². The van der Waals surface area contributed by atoms with Crippen molar-refractivity contribution >= 4 is 28.5 Å². The number of amides is 2. The number of carbonyl (C=O) groups excluding carboxylic acids is 2. The number of nitrogens with one attached hydrogen (secondary N) is 1. The number of alkyl halides is 3. The van der Waals surface area contributed by atoms with Crippen molar-refractivity contribution in [3.8, 4) is 0 Å². The van der Waals surface area contributed by atoms with Gasteiger partial charge in [0.1, 0.15) is 0 Å². The van der Waals surface area contributed by atoms with Crippen molar-refractivity contribution in [1.29, 1.82) is 0 Å². The lowest BCUT2D eigenvalue weighted by atomic mass is 9.83. The maximum Gasteiger partial charge on any atom is 0.416 e. The lowest BCUT2D eigenvalue weighted by molar-refractivity contribution is -0.137. The van der Waals surface area contributed by atoms with Crippen LogP contribution in [0.3, 0.4) is 0 Å². The van der Waals surface area contributed by atoms with E-state index in [-0.39, 0.29) is 22.6 Å². The fourth-order valence-corrected chi connectivity index (χ4v) is 4.85. The molecule has 5 rings (SSSR count). The highest BCUT2D eigenvalue weighted by Gasteiger charge is 2.38. The van der Waals surface area contributed by atoms with Gasteiger partial charge in [-0.2, -0.15) is 13.2 Å². The summed E-state index contributed by atoms with van der Waals surface area (Å²) in [6.07, 6.45) is -0.339. The molecule has 1 atom stereocenters. The molecule has 0 saturated heterocycles. The Kier molecular flexibility index (Phi) is 4.70. The van der Waals surface area contributed by atoms with E-state index in [4.69, 9.17) is 5.73 Å². The molecular weight excluding hydrogens is 419 g/mol. The van der Waals surface area contributed by atoms with Crippen LogP contribution in [0.25, 0.3) is 16.7 Å². The zero-order chi connectivity index (χ0) is 22.6. The normalized spacial score (nSPS) is 18.9. The monoisotopic (exact) mass is 439 g/mol. The first-order valence-corrected chi connectivity index (χ1v) is 10.4. The SMILES string of the molecule is NCC1CCc2c(c(C3=C(c4cccc(C(F)(F)F)c4)C(=O)NC3=O)c3ccccn23)C1. The summed E-state index contributed by atoms with van der Waals surface area (Å²) in [4.78, 5) is 25.8. The van der Waals surface area contributed by atoms with E-state index < -0.39 is 23.6 Å². The Hall–Kier alpha value is -3.39. The molecule has 1 aliphatic carbocycles. The summed E-state index contributed by atoms with van der Waals surface area (Å²) in [6.45, 7) is 0.496. The predicted molar refractivity (Wildman–Crippen MR) is 113 cm³/mol. The lowest BCUT2D eigenvalue weighted by Gasteiger charge is -2.22. The number of hydrogen-bond acceptors (Lipinski definition) is 3. The van der Waals surface area contributed by atoms with Gasteiger partial charge in [0.05, 0.1) is 22.2 Å². The Bertz CT molecular complexity index is 1300. The second-order valence-electron chi connectivity index (χ2n) is 8.21. The van der Waals surface area contributed by atoms with Crippen LogP contribution >= 0.6 is 0 Å². The molecule has 32 heavy (non-hydrogen) atoms. The average Bonchev–Trinajstić information content (AvgIpc) is 3.25. The fraction of sp³-hybridized carbons (Fsp3) is 0.250. The first-order chi connectivity index (χ1) is 15.3. The minimum Gasteiger partial charge on any atom is -0.330 e. The number of fused-ring (bicyclic) bond motifs is 3. The molecule has 0 radical (unpaired) electrons. The number of nitrogens with zero attached hydrogens (tertiary/aromatic N) is 1. The van der Waals surface area contributed by atoms with Crippen LogP contribution in [0.4, 0.5) is 13.2 Å². The number of nitrogens with two attached hydrogens (primary N) is 1. The van der Waals surface area contributed by atoms with Gasteiger partial charge in [0, 0.05) is 17.5 Å². The van der Waals surface area contributed by atoms with Crippen molar-refractivity contribution in [2.75, 3.05) is 6.54 Å². The summed E-state index contributed by atoms with van der Waals surface area (Å²) in [5.74, 6) is -1.06. The molecule has 2 aliphatic rings. The van der Waals surface area contributed by atoms with Gasteiger partial charge in [0.15, 0.2) is 0 Å². The first kappa shape index (κ1) is 20.5. The number of carbonyl (C=O) groups is 2. The molecule has 0 fully saturated rings. The summed E-state index contributed by atoms with van der Waals surface area (Å²) >= 11 is 0. The summed E-state index contributed by atoms with van der Waals surface area (Å²) in [5.41, 5.74) is 8.54. The molecule has 2 amide bonds. The van der Waals surface area contributed by atoms with E-state index in [1.807, 2.05) is 28.8 Å². The molecule has 0 spiro atoms. The molecule has 5 nitrogen and oxygen atoms in total. The van der Waals surface area contributed by atoms with Crippen molar-refractivity contribution in [2.45, 2.75) is 25.4 Å². The molecule has 0 saturated carbocycles. The number of halogens is 3. The third-order valence-electron chi connectivity index (χ3n) is 6.33. The second kappa shape index (κ2) is 7.34. The zero-order valence-corrected chi connectivity index (χ0v) is 17.0. The van der Waals surface area contributed by atoms with Gasteiger partial charge in [-0.25, -0.2) is 0 Å². The Morgan fingerprint density at radius 1 is 1.06 bits per heavy atom. The van der Waals surface area contributed by atoms with E-state index in [0.29, 0.717) is 18.5 Å². The zero-order valence-electron chi connectivity index (χ0n) is 17.0. The summed E-state index contributed by atoms with van der Waals surface area (Å²) in [5, 5.41) is 2.29. The van der Waals surface area contributed by atoms with Gasteiger partial charge < -0.3 is 10.1 Å². The van der Waals surface area contributed by atoms with E-state index in [2.05, 4.69) is 5.32 Å². The van der Waals surface area contributed by atoms with Crippen LogP contribution in [0, 0.1) is 5.92 Å². The van der Waals surface area contributed by atoms with Crippen molar-refractivity contribution < 1.29 is 22.8 Å². The Labute approximate surface area is 181 Å². The predicted octanol–water partition coefficient (Wildman–Crippen LogP) is 3.59. The van der Waals surface area contributed by atoms with E-state index in [1.54, 1.807) is 0 Å². The van der Waals surface area contributed by atoms with Gasteiger partial charge in [0.25, 0.3) is 11.8 Å². The molecule has 2 aromatic heterocycles. The standard InChI is InChI=1S/C24H20F3N3O2/c25-24(26,27)15-5-3-4-14(11-15)19-21(23(32)29-22(19)31)20-16-10-13(12-28)7-8-17(16)30-9-2-1-6-18(20)30/h1-6,9,11,13H,7-8,10,12,28H2,(H,29,31,32). The third-order valence-corrected chi connectivity index (χ3v) is 6.33. The highest BCUT2D eigenvalue weighted by atomic mass is 19.4. The largest absolute Gasteiger partial charge is 0.416 e. The quantitative estimate of drug-likeness (QED) is 0.613. The van der Waals surface area contributed by atoms with Crippen LogP contribution in [0.2, 0.25) is 0 Å². The van der Waals surface area contributed by atoms with E-state index in [1.165, 1.54) is 12.1 Å². The molecule has 3 N–H and O–H groups in total. The Balaban J connectivity index is 1.81. The number of imide groups is 1. The van der Waals surface area contributed by atoms with Gasteiger partial charge in [-0.3, -0.25) is 14.9 Å². The Morgan fingerprint density at radius 2 is 1.84 bits per heavy atom. The highest BCUT2D eigenvalue weighted by molar-refractivity contribution is 6.50. The molecule has 8 heteroatoms. The van der Waals surface area contributed by atoms with Gasteiger partial charge in [0.2, 0.25) is 0 Å². The minimum atomic E-state index is -4.56. The van der Waals surface area contributed by atoms with Gasteiger partial charge >= 0.3 is 6.18 Å². The van der Waals surface area contributed by atoms with Crippen molar-refractivity contribution in [2.24, 2.45) is 11.7 Å². The topological polar surface area (TPSA) is 76.6 Å². The molecule has 1 aliphatic heterocycles.